The van der Waals surface area contributed by atoms with Gasteiger partial charge in [0.25, 0.3) is 0 Å². The summed E-state index contributed by atoms with van der Waals surface area (Å²) in [5.41, 5.74) is -1.26. The SMILES string of the molecule is O=C(O)Cc1nc(OC(F)(F)F)cc(I)c1[N+](=O)[O-]. The summed E-state index contributed by atoms with van der Waals surface area (Å²) in [6, 6.07) is 0.706. The monoisotopic (exact) mass is 392 g/mol. The smallest absolute Gasteiger partial charge is 0.481 e. The van der Waals surface area contributed by atoms with Gasteiger partial charge in [-0.15, -0.1) is 13.2 Å². The van der Waals surface area contributed by atoms with E-state index in [1.54, 1.807) is 0 Å². The minimum Gasteiger partial charge on any atom is -0.481 e. The molecule has 0 aliphatic heterocycles. The third-order valence-electron chi connectivity index (χ3n) is 1.72. The molecule has 0 unspecified atom stereocenters. The molecule has 0 saturated carbocycles. The van der Waals surface area contributed by atoms with E-state index in [9.17, 15) is 28.1 Å². The van der Waals surface area contributed by atoms with Gasteiger partial charge in [-0.3, -0.25) is 14.9 Å². The van der Waals surface area contributed by atoms with Gasteiger partial charge in [0.2, 0.25) is 5.88 Å². The van der Waals surface area contributed by atoms with Crippen LogP contribution in [0, 0.1) is 13.7 Å². The number of rotatable bonds is 4. The molecule has 0 saturated heterocycles. The number of alkyl halides is 3. The number of hydrogen-bond donors (Lipinski definition) is 1. The Morgan fingerprint density at radius 3 is 2.58 bits per heavy atom. The molecule has 0 amide bonds. The van der Waals surface area contributed by atoms with Gasteiger partial charge in [-0.25, -0.2) is 4.98 Å². The summed E-state index contributed by atoms with van der Waals surface area (Å²) in [6.07, 6.45) is -5.91. The van der Waals surface area contributed by atoms with E-state index >= 15 is 0 Å². The lowest BCUT2D eigenvalue weighted by Gasteiger charge is -2.09. The van der Waals surface area contributed by atoms with E-state index in [4.69, 9.17) is 5.11 Å². The van der Waals surface area contributed by atoms with Crippen LogP contribution in [0.4, 0.5) is 18.9 Å². The second-order valence-corrected chi connectivity index (χ2v) is 4.28. The van der Waals surface area contributed by atoms with E-state index in [1.165, 1.54) is 22.6 Å². The lowest BCUT2D eigenvalue weighted by molar-refractivity contribution is -0.387. The van der Waals surface area contributed by atoms with Crippen LogP contribution in [-0.2, 0) is 11.2 Å². The van der Waals surface area contributed by atoms with Gasteiger partial charge in [-0.1, -0.05) is 0 Å². The molecule has 1 N–H and O–H groups in total. The van der Waals surface area contributed by atoms with Crippen molar-refractivity contribution in [3.8, 4) is 5.88 Å². The minimum atomic E-state index is -5.02. The number of carboxylic acid groups (broad SMARTS) is 1. The molecule has 1 aromatic rings. The van der Waals surface area contributed by atoms with Gasteiger partial charge in [0.05, 0.1) is 14.9 Å². The highest BCUT2D eigenvalue weighted by Gasteiger charge is 2.33. The maximum atomic E-state index is 12.0. The molecule has 11 heteroatoms. The van der Waals surface area contributed by atoms with Gasteiger partial charge >= 0.3 is 18.0 Å². The number of nitrogens with zero attached hydrogens (tertiary/aromatic N) is 2. The van der Waals surface area contributed by atoms with Crippen LogP contribution < -0.4 is 4.74 Å². The third-order valence-corrected chi connectivity index (χ3v) is 2.54. The Morgan fingerprint density at radius 2 is 2.16 bits per heavy atom. The van der Waals surface area contributed by atoms with E-state index in [2.05, 4.69) is 9.72 Å². The summed E-state index contributed by atoms with van der Waals surface area (Å²) in [7, 11) is 0. The molecule has 0 aliphatic rings. The first-order valence-corrected chi connectivity index (χ1v) is 5.49. The summed E-state index contributed by atoms with van der Waals surface area (Å²) in [5, 5.41) is 19.3. The van der Waals surface area contributed by atoms with E-state index in [-0.39, 0.29) is 3.57 Å². The fourth-order valence-electron chi connectivity index (χ4n) is 1.16. The van der Waals surface area contributed by atoms with Crippen LogP contribution in [0.25, 0.3) is 0 Å². The van der Waals surface area contributed by atoms with E-state index in [0.29, 0.717) is 6.07 Å². The van der Waals surface area contributed by atoms with Crippen molar-refractivity contribution in [1.82, 2.24) is 4.98 Å². The molecule has 0 bridgehead atoms. The molecule has 1 heterocycles. The average Bonchev–Trinajstić information content (AvgIpc) is 2.10. The van der Waals surface area contributed by atoms with Crippen molar-refractivity contribution >= 4 is 34.2 Å². The maximum Gasteiger partial charge on any atom is 0.574 e. The Labute approximate surface area is 116 Å². The summed E-state index contributed by atoms with van der Waals surface area (Å²) in [5.74, 6) is -2.41. The predicted molar refractivity (Wildman–Crippen MR) is 61.6 cm³/mol. The van der Waals surface area contributed by atoms with Gasteiger partial charge in [0.15, 0.2) is 0 Å². The minimum absolute atomic E-state index is 0.201. The molecule has 7 nitrogen and oxygen atoms in total. The second kappa shape index (κ2) is 5.54. The standard InChI is InChI=1S/C8H4F3IN2O5/c9-8(10,11)19-5-1-3(12)7(14(17)18)4(13-5)2-6(15)16/h1H,2H2,(H,15,16). The third kappa shape index (κ3) is 4.50. The van der Waals surface area contributed by atoms with Crippen LogP contribution in [0.5, 0.6) is 5.88 Å². The van der Waals surface area contributed by atoms with E-state index < -0.39 is 40.9 Å². The van der Waals surface area contributed by atoms with E-state index in [0.717, 1.165) is 0 Å². The fourth-order valence-corrected chi connectivity index (χ4v) is 1.94. The Bertz CT molecular complexity index is 534. The number of aromatic nitrogens is 1. The van der Waals surface area contributed by atoms with Crippen LogP contribution in [-0.4, -0.2) is 27.3 Å². The first-order valence-electron chi connectivity index (χ1n) is 4.41. The summed E-state index contributed by atoms with van der Waals surface area (Å²) in [6.45, 7) is 0. The van der Waals surface area contributed by atoms with Gasteiger partial charge < -0.3 is 9.84 Å². The highest BCUT2D eigenvalue weighted by molar-refractivity contribution is 14.1. The number of pyridine rings is 1. The van der Waals surface area contributed by atoms with Crippen molar-refractivity contribution in [1.29, 1.82) is 0 Å². The number of carbonyl (C=O) groups is 1. The molecule has 19 heavy (non-hydrogen) atoms. The second-order valence-electron chi connectivity index (χ2n) is 3.11. The average molecular weight is 392 g/mol. The number of ether oxygens (including phenoxy) is 1. The topological polar surface area (TPSA) is 103 Å². The quantitative estimate of drug-likeness (QED) is 0.479. The molecule has 0 fully saturated rings. The van der Waals surface area contributed by atoms with Gasteiger partial charge in [-0.05, 0) is 22.6 Å². The number of hydrogen-bond acceptors (Lipinski definition) is 5. The van der Waals surface area contributed by atoms with Crippen LogP contribution in [0.2, 0.25) is 0 Å². The number of halogens is 4. The number of nitro groups is 1. The van der Waals surface area contributed by atoms with Crippen LogP contribution in [0.3, 0.4) is 0 Å². The molecule has 0 aliphatic carbocycles. The molecule has 1 rings (SSSR count). The first-order chi connectivity index (χ1) is 8.60. The van der Waals surface area contributed by atoms with Crippen molar-refractivity contribution < 1.29 is 32.7 Å². The molecule has 104 valence electrons. The molecule has 0 aromatic carbocycles. The van der Waals surface area contributed by atoms with Crippen molar-refractivity contribution in [2.45, 2.75) is 12.8 Å². The lowest BCUT2D eigenvalue weighted by Crippen LogP contribution is -2.19. The molecule has 1 aromatic heterocycles. The van der Waals surface area contributed by atoms with Gasteiger partial charge in [-0.2, -0.15) is 0 Å². The van der Waals surface area contributed by atoms with Crippen molar-refractivity contribution in [3.63, 3.8) is 0 Å². The molecular weight excluding hydrogens is 388 g/mol. The molecule has 0 atom stereocenters. The highest BCUT2D eigenvalue weighted by atomic mass is 127. The van der Waals surface area contributed by atoms with Crippen molar-refractivity contribution in [2.24, 2.45) is 0 Å². The highest BCUT2D eigenvalue weighted by Crippen LogP contribution is 2.30. The zero-order valence-electron chi connectivity index (χ0n) is 8.77. The van der Waals surface area contributed by atoms with Crippen molar-refractivity contribution in [2.75, 3.05) is 0 Å². The van der Waals surface area contributed by atoms with Crippen LogP contribution in [0.15, 0.2) is 6.07 Å². The Hall–Kier alpha value is -1.66. The summed E-state index contributed by atoms with van der Waals surface area (Å²) >= 11 is 1.40. The van der Waals surface area contributed by atoms with Gasteiger partial charge in [0.1, 0.15) is 5.69 Å². The number of aliphatic carboxylic acids is 1. The normalized spacial score (nSPS) is 11.2. The molecule has 0 radical (unpaired) electrons. The Balaban J connectivity index is 3.30. The number of carboxylic acids is 1. The van der Waals surface area contributed by atoms with Crippen LogP contribution in [0.1, 0.15) is 5.69 Å². The zero-order chi connectivity index (χ0) is 14.8. The molecule has 0 spiro atoms. The van der Waals surface area contributed by atoms with Crippen LogP contribution >= 0.6 is 22.6 Å². The Morgan fingerprint density at radius 1 is 1.58 bits per heavy atom. The van der Waals surface area contributed by atoms with Gasteiger partial charge in [0, 0.05) is 6.07 Å². The van der Waals surface area contributed by atoms with E-state index in [1.807, 2.05) is 0 Å². The lowest BCUT2D eigenvalue weighted by atomic mass is 10.2. The predicted octanol–water partition coefficient (Wildman–Crippen LogP) is 2.12. The zero-order valence-corrected chi connectivity index (χ0v) is 10.9. The molecular formula is C8H4F3IN2O5. The Kier molecular flexibility index (Phi) is 4.49. The van der Waals surface area contributed by atoms with Crippen molar-refractivity contribution in [3.05, 3.63) is 25.4 Å². The maximum absolute atomic E-state index is 12.0. The largest absolute Gasteiger partial charge is 0.574 e. The summed E-state index contributed by atoms with van der Waals surface area (Å²) in [4.78, 5) is 23.5. The summed E-state index contributed by atoms with van der Waals surface area (Å²) < 4.78 is 39.3. The first kappa shape index (κ1) is 15.4. The fraction of sp³-hybridized carbons (Fsp3) is 0.250.